The van der Waals surface area contributed by atoms with Gasteiger partial charge >= 0.3 is 5.97 Å². The standard InChI is InChI=1S/C12H13N3O2/c1-2-7-15(8-9-3-4-9)11-6-5-10(12(16)17)13-14-11/h1,5-6,9H,3-4,7-8H2,(H,16,17). The molecule has 5 nitrogen and oxygen atoms in total. The summed E-state index contributed by atoms with van der Waals surface area (Å²) in [7, 11) is 0. The molecule has 0 radical (unpaired) electrons. The molecule has 0 unspecified atom stereocenters. The van der Waals surface area contributed by atoms with Crippen LogP contribution in [0.2, 0.25) is 0 Å². The van der Waals surface area contributed by atoms with Gasteiger partial charge in [-0.15, -0.1) is 16.6 Å². The van der Waals surface area contributed by atoms with Crippen LogP contribution in [-0.2, 0) is 0 Å². The number of carboxylic acids is 1. The van der Waals surface area contributed by atoms with Crippen molar-refractivity contribution in [1.29, 1.82) is 0 Å². The Morgan fingerprint density at radius 2 is 2.29 bits per heavy atom. The molecule has 88 valence electrons. The first-order valence-corrected chi connectivity index (χ1v) is 5.46. The van der Waals surface area contributed by atoms with Gasteiger partial charge in [-0.05, 0) is 30.9 Å². The topological polar surface area (TPSA) is 66.3 Å². The third-order valence-corrected chi connectivity index (χ3v) is 2.65. The second kappa shape index (κ2) is 4.83. The van der Waals surface area contributed by atoms with E-state index in [-0.39, 0.29) is 5.69 Å². The zero-order chi connectivity index (χ0) is 12.3. The lowest BCUT2D eigenvalue weighted by molar-refractivity contribution is 0.0689. The highest BCUT2D eigenvalue weighted by molar-refractivity contribution is 5.85. The van der Waals surface area contributed by atoms with Crippen molar-refractivity contribution in [2.75, 3.05) is 18.0 Å². The van der Waals surface area contributed by atoms with Gasteiger partial charge in [0.25, 0.3) is 0 Å². The summed E-state index contributed by atoms with van der Waals surface area (Å²) in [6, 6.07) is 3.09. The van der Waals surface area contributed by atoms with Gasteiger partial charge in [0.1, 0.15) is 0 Å². The molecule has 1 saturated carbocycles. The predicted molar refractivity (Wildman–Crippen MR) is 62.8 cm³/mol. The van der Waals surface area contributed by atoms with Crippen LogP contribution >= 0.6 is 0 Å². The van der Waals surface area contributed by atoms with Crippen molar-refractivity contribution in [2.24, 2.45) is 5.92 Å². The van der Waals surface area contributed by atoms with Crippen LogP contribution in [0.1, 0.15) is 23.3 Å². The van der Waals surface area contributed by atoms with Gasteiger partial charge in [0.15, 0.2) is 11.5 Å². The first-order valence-electron chi connectivity index (χ1n) is 5.46. The fourth-order valence-electron chi connectivity index (χ4n) is 1.57. The van der Waals surface area contributed by atoms with Crippen molar-refractivity contribution in [3.8, 4) is 12.3 Å². The largest absolute Gasteiger partial charge is 0.476 e. The molecule has 5 heteroatoms. The summed E-state index contributed by atoms with van der Waals surface area (Å²) in [5.41, 5.74) is -0.0548. The average Bonchev–Trinajstić information content (AvgIpc) is 3.13. The molecular weight excluding hydrogens is 218 g/mol. The highest BCUT2D eigenvalue weighted by Crippen LogP contribution is 2.30. The van der Waals surface area contributed by atoms with Crippen LogP contribution in [0.25, 0.3) is 0 Å². The molecule has 0 aliphatic heterocycles. The summed E-state index contributed by atoms with van der Waals surface area (Å²) >= 11 is 0. The van der Waals surface area contributed by atoms with Gasteiger partial charge in [-0.2, -0.15) is 0 Å². The van der Waals surface area contributed by atoms with Crippen LogP contribution in [0.3, 0.4) is 0 Å². The summed E-state index contributed by atoms with van der Waals surface area (Å²) in [4.78, 5) is 12.6. The number of rotatable bonds is 5. The molecule has 0 spiro atoms. The fourth-order valence-corrected chi connectivity index (χ4v) is 1.57. The SMILES string of the molecule is C#CCN(CC1CC1)c1ccc(C(=O)O)nn1. The molecule has 0 amide bonds. The lowest BCUT2D eigenvalue weighted by Crippen LogP contribution is -2.27. The number of hydrogen-bond donors (Lipinski definition) is 1. The van der Waals surface area contributed by atoms with E-state index >= 15 is 0 Å². The number of aromatic carboxylic acids is 1. The molecule has 1 aliphatic rings. The molecule has 2 rings (SSSR count). The Hall–Kier alpha value is -2.09. The van der Waals surface area contributed by atoms with Gasteiger partial charge in [0.2, 0.25) is 0 Å². The average molecular weight is 231 g/mol. The summed E-state index contributed by atoms with van der Waals surface area (Å²) in [6.45, 7) is 1.34. The van der Waals surface area contributed by atoms with E-state index in [4.69, 9.17) is 11.5 Å². The molecule has 1 aromatic heterocycles. The number of carboxylic acid groups (broad SMARTS) is 1. The van der Waals surface area contributed by atoms with Gasteiger partial charge in [-0.25, -0.2) is 4.79 Å². The molecule has 17 heavy (non-hydrogen) atoms. The number of carbonyl (C=O) groups is 1. The van der Waals surface area contributed by atoms with Crippen LogP contribution in [0.5, 0.6) is 0 Å². The van der Waals surface area contributed by atoms with Gasteiger partial charge in [-0.3, -0.25) is 0 Å². The van der Waals surface area contributed by atoms with Crippen LogP contribution in [0.15, 0.2) is 12.1 Å². The Balaban J connectivity index is 2.11. The van der Waals surface area contributed by atoms with E-state index in [1.165, 1.54) is 18.9 Å². The smallest absolute Gasteiger partial charge is 0.356 e. The fraction of sp³-hybridized carbons (Fsp3) is 0.417. The van der Waals surface area contributed by atoms with Gasteiger partial charge in [-0.1, -0.05) is 5.92 Å². The Labute approximate surface area is 99.5 Å². The number of nitrogens with zero attached hydrogens (tertiary/aromatic N) is 3. The maximum Gasteiger partial charge on any atom is 0.356 e. The van der Waals surface area contributed by atoms with E-state index in [9.17, 15) is 4.79 Å². The molecule has 0 atom stereocenters. The summed E-state index contributed by atoms with van der Waals surface area (Å²) in [5, 5.41) is 16.3. The second-order valence-corrected chi connectivity index (χ2v) is 4.11. The van der Waals surface area contributed by atoms with Crippen molar-refractivity contribution in [2.45, 2.75) is 12.8 Å². The van der Waals surface area contributed by atoms with Crippen molar-refractivity contribution in [3.05, 3.63) is 17.8 Å². The number of anilines is 1. The maximum absolute atomic E-state index is 10.6. The van der Waals surface area contributed by atoms with E-state index in [1.54, 1.807) is 6.07 Å². The van der Waals surface area contributed by atoms with Crippen LogP contribution < -0.4 is 4.90 Å². The summed E-state index contributed by atoms with van der Waals surface area (Å²) in [5.74, 6) is 2.83. The Kier molecular flexibility index (Phi) is 3.24. The zero-order valence-corrected chi connectivity index (χ0v) is 9.33. The van der Waals surface area contributed by atoms with E-state index in [1.807, 2.05) is 4.90 Å². The molecule has 0 aromatic carbocycles. The molecule has 0 bridgehead atoms. The molecule has 1 aromatic rings. The maximum atomic E-state index is 10.6. The van der Waals surface area contributed by atoms with Crippen LogP contribution in [-0.4, -0.2) is 34.4 Å². The van der Waals surface area contributed by atoms with E-state index in [0.717, 1.165) is 6.54 Å². The Bertz CT molecular complexity index is 446. The van der Waals surface area contributed by atoms with Crippen molar-refractivity contribution < 1.29 is 9.90 Å². The van der Waals surface area contributed by atoms with Gasteiger partial charge < -0.3 is 10.0 Å². The monoisotopic (exact) mass is 231 g/mol. The van der Waals surface area contributed by atoms with Crippen LogP contribution in [0.4, 0.5) is 5.82 Å². The lowest BCUT2D eigenvalue weighted by Gasteiger charge is -2.20. The minimum atomic E-state index is -1.07. The predicted octanol–water partition coefficient (Wildman–Crippen LogP) is 1.02. The minimum Gasteiger partial charge on any atom is -0.476 e. The first kappa shape index (κ1) is 11.4. The van der Waals surface area contributed by atoms with E-state index in [2.05, 4.69) is 16.1 Å². The molecule has 1 fully saturated rings. The second-order valence-electron chi connectivity index (χ2n) is 4.11. The minimum absolute atomic E-state index is 0.0548. The Morgan fingerprint density at radius 1 is 1.53 bits per heavy atom. The van der Waals surface area contributed by atoms with Crippen LogP contribution in [0, 0.1) is 18.3 Å². The first-order chi connectivity index (χ1) is 8.20. The highest BCUT2D eigenvalue weighted by atomic mass is 16.4. The quantitative estimate of drug-likeness (QED) is 0.766. The Morgan fingerprint density at radius 3 is 2.76 bits per heavy atom. The van der Waals surface area contributed by atoms with Crippen molar-refractivity contribution in [3.63, 3.8) is 0 Å². The van der Waals surface area contributed by atoms with Crippen molar-refractivity contribution >= 4 is 11.8 Å². The van der Waals surface area contributed by atoms with Gasteiger partial charge in [0.05, 0.1) is 6.54 Å². The summed E-state index contributed by atoms with van der Waals surface area (Å²) < 4.78 is 0. The van der Waals surface area contributed by atoms with E-state index in [0.29, 0.717) is 18.3 Å². The number of terminal acetylenes is 1. The molecule has 1 N–H and O–H groups in total. The third-order valence-electron chi connectivity index (χ3n) is 2.65. The number of hydrogen-bond acceptors (Lipinski definition) is 4. The lowest BCUT2D eigenvalue weighted by atomic mass is 10.3. The number of aromatic nitrogens is 2. The highest BCUT2D eigenvalue weighted by Gasteiger charge is 2.24. The molecule has 0 saturated heterocycles. The molecule has 1 aliphatic carbocycles. The normalized spacial score (nSPS) is 14.1. The van der Waals surface area contributed by atoms with Crippen molar-refractivity contribution in [1.82, 2.24) is 10.2 Å². The zero-order valence-electron chi connectivity index (χ0n) is 9.33. The third kappa shape index (κ3) is 2.94. The summed E-state index contributed by atoms with van der Waals surface area (Å²) in [6.07, 6.45) is 7.75. The van der Waals surface area contributed by atoms with Gasteiger partial charge in [0, 0.05) is 6.54 Å². The molecule has 1 heterocycles. The molecular formula is C12H13N3O2. The van der Waals surface area contributed by atoms with E-state index < -0.39 is 5.97 Å².